The molecule has 3 N–H and O–H groups in total. The number of amides is 2. The predicted octanol–water partition coefficient (Wildman–Crippen LogP) is 2.09. The SMILES string of the molecule is CC(C)(CO)CCCNC(=O)N1CCc2ccccc2C1CO. The molecule has 5 nitrogen and oxygen atoms in total. The topological polar surface area (TPSA) is 72.8 Å². The molecule has 1 aromatic carbocycles. The molecule has 2 rings (SSSR count). The van der Waals surface area contributed by atoms with Crippen molar-refractivity contribution in [1.29, 1.82) is 0 Å². The van der Waals surface area contributed by atoms with Gasteiger partial charge in [0, 0.05) is 19.7 Å². The van der Waals surface area contributed by atoms with Gasteiger partial charge in [-0.25, -0.2) is 4.79 Å². The molecular weight excluding hydrogens is 292 g/mol. The summed E-state index contributed by atoms with van der Waals surface area (Å²) < 4.78 is 0. The second-order valence-corrected chi connectivity index (χ2v) is 7.00. The Hall–Kier alpha value is -1.59. The zero-order chi connectivity index (χ0) is 16.9. The van der Waals surface area contributed by atoms with E-state index >= 15 is 0 Å². The van der Waals surface area contributed by atoms with Gasteiger partial charge >= 0.3 is 6.03 Å². The molecule has 0 aromatic heterocycles. The van der Waals surface area contributed by atoms with Crippen LogP contribution >= 0.6 is 0 Å². The first-order valence-electron chi connectivity index (χ1n) is 8.32. The first-order valence-corrected chi connectivity index (χ1v) is 8.32. The standard InChI is InChI=1S/C18H28N2O3/c1-18(2,13-22)9-5-10-19-17(23)20-11-8-14-6-3-4-7-15(14)16(20)12-21/h3-4,6-7,16,21-22H,5,8-13H2,1-2H3,(H,19,23). The maximum absolute atomic E-state index is 12.4. The van der Waals surface area contributed by atoms with Crippen LogP contribution in [-0.2, 0) is 6.42 Å². The monoisotopic (exact) mass is 320 g/mol. The summed E-state index contributed by atoms with van der Waals surface area (Å²) in [4.78, 5) is 14.1. The smallest absolute Gasteiger partial charge is 0.318 e. The number of carbonyl (C=O) groups is 1. The first kappa shape index (κ1) is 17.8. The molecule has 0 aliphatic carbocycles. The zero-order valence-corrected chi connectivity index (χ0v) is 14.1. The Labute approximate surface area is 138 Å². The number of carbonyl (C=O) groups excluding carboxylic acids is 1. The van der Waals surface area contributed by atoms with Crippen molar-refractivity contribution in [3.63, 3.8) is 0 Å². The Bertz CT molecular complexity index is 531. The minimum Gasteiger partial charge on any atom is -0.396 e. The largest absolute Gasteiger partial charge is 0.396 e. The van der Waals surface area contributed by atoms with Crippen LogP contribution in [0.25, 0.3) is 0 Å². The van der Waals surface area contributed by atoms with Crippen LogP contribution in [0, 0.1) is 5.41 Å². The van der Waals surface area contributed by atoms with Crippen LogP contribution < -0.4 is 5.32 Å². The molecular formula is C18H28N2O3. The predicted molar refractivity (Wildman–Crippen MR) is 90.2 cm³/mol. The third-order valence-corrected chi connectivity index (χ3v) is 4.58. The van der Waals surface area contributed by atoms with Gasteiger partial charge in [-0.05, 0) is 35.8 Å². The number of fused-ring (bicyclic) bond motifs is 1. The van der Waals surface area contributed by atoms with Crippen molar-refractivity contribution >= 4 is 6.03 Å². The Morgan fingerprint density at radius 1 is 1.35 bits per heavy atom. The summed E-state index contributed by atoms with van der Waals surface area (Å²) in [6.45, 7) is 5.31. The third kappa shape index (κ3) is 4.45. The van der Waals surface area contributed by atoms with Crippen molar-refractivity contribution < 1.29 is 15.0 Å². The molecule has 2 amide bonds. The van der Waals surface area contributed by atoms with Crippen LogP contribution in [0.4, 0.5) is 4.79 Å². The summed E-state index contributed by atoms with van der Waals surface area (Å²) in [5.74, 6) is 0. The lowest BCUT2D eigenvalue weighted by atomic mass is 9.89. The van der Waals surface area contributed by atoms with Crippen molar-refractivity contribution in [2.75, 3.05) is 26.3 Å². The van der Waals surface area contributed by atoms with Gasteiger partial charge in [-0.3, -0.25) is 0 Å². The molecule has 128 valence electrons. The molecule has 0 bridgehead atoms. The van der Waals surface area contributed by atoms with Crippen molar-refractivity contribution in [2.45, 2.75) is 39.2 Å². The number of benzene rings is 1. The lowest BCUT2D eigenvalue weighted by Crippen LogP contribution is -2.47. The van der Waals surface area contributed by atoms with Gasteiger partial charge in [0.05, 0.1) is 12.6 Å². The fraction of sp³-hybridized carbons (Fsp3) is 0.611. The maximum Gasteiger partial charge on any atom is 0.318 e. The van der Waals surface area contributed by atoms with E-state index in [1.165, 1.54) is 5.56 Å². The second-order valence-electron chi connectivity index (χ2n) is 7.00. The quantitative estimate of drug-likeness (QED) is 0.703. The Morgan fingerprint density at radius 3 is 2.78 bits per heavy atom. The average molecular weight is 320 g/mol. The van der Waals surface area contributed by atoms with E-state index in [-0.39, 0.29) is 30.7 Å². The summed E-state index contributed by atoms with van der Waals surface area (Å²) in [7, 11) is 0. The van der Waals surface area contributed by atoms with E-state index in [1.807, 2.05) is 32.0 Å². The lowest BCUT2D eigenvalue weighted by molar-refractivity contribution is 0.125. The highest BCUT2D eigenvalue weighted by Gasteiger charge is 2.29. The van der Waals surface area contributed by atoms with Crippen LogP contribution in [0.3, 0.4) is 0 Å². The molecule has 0 spiro atoms. The molecule has 1 aromatic rings. The van der Waals surface area contributed by atoms with E-state index in [4.69, 9.17) is 0 Å². The van der Waals surface area contributed by atoms with E-state index in [2.05, 4.69) is 11.4 Å². The van der Waals surface area contributed by atoms with Gasteiger partial charge in [0.2, 0.25) is 0 Å². The number of nitrogens with one attached hydrogen (secondary N) is 1. The Balaban J connectivity index is 1.90. The van der Waals surface area contributed by atoms with Gasteiger partial charge in [0.1, 0.15) is 0 Å². The summed E-state index contributed by atoms with van der Waals surface area (Å²) in [5, 5.41) is 21.9. The molecule has 0 fully saturated rings. The number of aliphatic hydroxyl groups is 2. The zero-order valence-electron chi connectivity index (χ0n) is 14.1. The van der Waals surface area contributed by atoms with E-state index < -0.39 is 0 Å². The molecule has 1 atom stereocenters. The van der Waals surface area contributed by atoms with E-state index in [0.717, 1.165) is 24.8 Å². The summed E-state index contributed by atoms with van der Waals surface area (Å²) in [6, 6.07) is 7.59. The summed E-state index contributed by atoms with van der Waals surface area (Å²) >= 11 is 0. The summed E-state index contributed by atoms with van der Waals surface area (Å²) in [5.41, 5.74) is 2.14. The van der Waals surface area contributed by atoms with Gasteiger partial charge in [-0.15, -0.1) is 0 Å². The minimum atomic E-state index is -0.270. The highest BCUT2D eigenvalue weighted by Crippen LogP contribution is 2.29. The molecule has 0 radical (unpaired) electrons. The van der Waals surface area contributed by atoms with Gasteiger partial charge < -0.3 is 20.4 Å². The van der Waals surface area contributed by atoms with Crippen molar-refractivity contribution in [1.82, 2.24) is 10.2 Å². The number of rotatable bonds is 6. The normalized spacial score (nSPS) is 17.7. The molecule has 1 aliphatic rings. The van der Waals surface area contributed by atoms with Gasteiger partial charge in [-0.1, -0.05) is 38.1 Å². The lowest BCUT2D eigenvalue weighted by Gasteiger charge is -2.36. The van der Waals surface area contributed by atoms with E-state index in [1.54, 1.807) is 4.90 Å². The van der Waals surface area contributed by atoms with Crippen molar-refractivity contribution in [3.05, 3.63) is 35.4 Å². The Kier molecular flexibility index (Phi) is 6.02. The molecule has 1 heterocycles. The van der Waals surface area contributed by atoms with E-state index in [0.29, 0.717) is 13.1 Å². The van der Waals surface area contributed by atoms with Gasteiger partial charge in [0.15, 0.2) is 0 Å². The van der Waals surface area contributed by atoms with Crippen LogP contribution in [0.5, 0.6) is 0 Å². The second kappa shape index (κ2) is 7.79. The number of nitrogens with zero attached hydrogens (tertiary/aromatic N) is 1. The number of hydrogen-bond acceptors (Lipinski definition) is 3. The first-order chi connectivity index (χ1) is 11.0. The van der Waals surface area contributed by atoms with Crippen molar-refractivity contribution in [2.24, 2.45) is 5.41 Å². The summed E-state index contributed by atoms with van der Waals surface area (Å²) in [6.07, 6.45) is 2.50. The van der Waals surface area contributed by atoms with E-state index in [9.17, 15) is 15.0 Å². The number of hydrogen-bond donors (Lipinski definition) is 3. The van der Waals surface area contributed by atoms with Gasteiger partial charge in [-0.2, -0.15) is 0 Å². The fourth-order valence-electron chi connectivity index (χ4n) is 3.03. The highest BCUT2D eigenvalue weighted by atomic mass is 16.3. The number of aliphatic hydroxyl groups excluding tert-OH is 2. The van der Waals surface area contributed by atoms with Crippen molar-refractivity contribution in [3.8, 4) is 0 Å². The van der Waals surface area contributed by atoms with Crippen LogP contribution in [0.15, 0.2) is 24.3 Å². The maximum atomic E-state index is 12.4. The fourth-order valence-corrected chi connectivity index (χ4v) is 3.03. The average Bonchev–Trinajstić information content (AvgIpc) is 2.57. The highest BCUT2D eigenvalue weighted by molar-refractivity contribution is 5.75. The molecule has 0 saturated carbocycles. The van der Waals surface area contributed by atoms with Crippen LogP contribution in [0.2, 0.25) is 0 Å². The third-order valence-electron chi connectivity index (χ3n) is 4.58. The molecule has 0 saturated heterocycles. The molecule has 5 heteroatoms. The number of urea groups is 1. The minimum absolute atomic E-state index is 0.0675. The Morgan fingerprint density at radius 2 is 2.09 bits per heavy atom. The van der Waals surface area contributed by atoms with Crippen LogP contribution in [0.1, 0.15) is 43.9 Å². The van der Waals surface area contributed by atoms with Crippen LogP contribution in [-0.4, -0.2) is 47.4 Å². The molecule has 1 aliphatic heterocycles. The molecule has 1 unspecified atom stereocenters. The van der Waals surface area contributed by atoms with Gasteiger partial charge in [0.25, 0.3) is 0 Å². The molecule has 23 heavy (non-hydrogen) atoms.